The second kappa shape index (κ2) is 7.18. The topological polar surface area (TPSA) is 60.2 Å². The summed E-state index contributed by atoms with van der Waals surface area (Å²) in [6, 6.07) is 0.316. The number of rotatable bonds is 7. The molecule has 3 N–H and O–H groups in total. The first kappa shape index (κ1) is 16.9. The van der Waals surface area contributed by atoms with E-state index in [4.69, 9.17) is 15.6 Å². The van der Waals surface area contributed by atoms with Gasteiger partial charge in [-0.05, 0) is 32.1 Å². The Kier molecular flexibility index (Phi) is 5.77. The number of aromatic nitrogens is 1. The van der Waals surface area contributed by atoms with Crippen LogP contribution in [0.1, 0.15) is 57.7 Å². The van der Waals surface area contributed by atoms with Crippen LogP contribution < -0.4 is 11.3 Å². The number of hydrogen-bond donors (Lipinski definition) is 2. The minimum atomic E-state index is 0.124. The van der Waals surface area contributed by atoms with E-state index in [1.807, 2.05) is 0 Å². The maximum absolute atomic E-state index is 5.73. The first-order valence-corrected chi connectivity index (χ1v) is 8.83. The second-order valence-corrected chi connectivity index (χ2v) is 8.04. The molecule has 1 saturated carbocycles. The van der Waals surface area contributed by atoms with Crippen LogP contribution in [0.3, 0.4) is 0 Å². The maximum atomic E-state index is 5.73. The van der Waals surface area contributed by atoms with Gasteiger partial charge in [0.05, 0.1) is 16.8 Å². The van der Waals surface area contributed by atoms with Gasteiger partial charge in [-0.3, -0.25) is 11.3 Å². The first-order chi connectivity index (χ1) is 9.92. The summed E-state index contributed by atoms with van der Waals surface area (Å²) in [5.74, 6) is 6.47. The molecule has 1 heterocycles. The molecule has 0 bridgehead atoms. The Morgan fingerprint density at radius 1 is 1.48 bits per heavy atom. The summed E-state index contributed by atoms with van der Waals surface area (Å²) in [4.78, 5) is 4.76. The number of ether oxygens (including phenoxy) is 1. The molecule has 1 aromatic heterocycles. The van der Waals surface area contributed by atoms with E-state index >= 15 is 0 Å². The molecule has 1 aliphatic carbocycles. The van der Waals surface area contributed by atoms with Gasteiger partial charge in [-0.2, -0.15) is 0 Å². The highest BCUT2D eigenvalue weighted by Gasteiger charge is 2.31. The van der Waals surface area contributed by atoms with Gasteiger partial charge in [-0.25, -0.2) is 4.98 Å². The summed E-state index contributed by atoms with van der Waals surface area (Å²) < 4.78 is 5.62. The Labute approximate surface area is 132 Å². The lowest BCUT2D eigenvalue weighted by Gasteiger charge is -2.36. The summed E-state index contributed by atoms with van der Waals surface area (Å²) in [7, 11) is 0. The summed E-state index contributed by atoms with van der Waals surface area (Å²) in [5, 5.41) is 3.36. The lowest BCUT2D eigenvalue weighted by atomic mass is 9.78. The van der Waals surface area contributed by atoms with Gasteiger partial charge >= 0.3 is 0 Å². The normalized spacial score (nSPS) is 23.9. The average Bonchev–Trinajstić information content (AvgIpc) is 2.83. The van der Waals surface area contributed by atoms with Crippen molar-refractivity contribution in [3.63, 3.8) is 0 Å². The molecule has 120 valence electrons. The summed E-state index contributed by atoms with van der Waals surface area (Å²) >= 11 is 1.75. The number of thiazole rings is 1. The minimum Gasteiger partial charge on any atom is -0.378 e. The largest absolute Gasteiger partial charge is 0.378 e. The number of nitrogens with two attached hydrogens (primary N) is 1. The van der Waals surface area contributed by atoms with Crippen molar-refractivity contribution >= 4 is 11.3 Å². The zero-order chi connectivity index (χ0) is 15.5. The molecule has 0 aliphatic heterocycles. The van der Waals surface area contributed by atoms with Gasteiger partial charge in [0.1, 0.15) is 0 Å². The fourth-order valence-corrected chi connectivity index (χ4v) is 3.91. The van der Waals surface area contributed by atoms with Crippen molar-refractivity contribution < 1.29 is 4.74 Å². The molecule has 2 rings (SSSR count). The average molecular weight is 311 g/mol. The van der Waals surface area contributed by atoms with Crippen LogP contribution in [0.25, 0.3) is 0 Å². The Balaban J connectivity index is 1.81. The predicted octanol–water partition coefficient (Wildman–Crippen LogP) is 3.02. The van der Waals surface area contributed by atoms with Gasteiger partial charge < -0.3 is 4.74 Å². The van der Waals surface area contributed by atoms with Crippen LogP contribution in [0.15, 0.2) is 5.38 Å². The Morgan fingerprint density at radius 3 is 2.71 bits per heavy atom. The van der Waals surface area contributed by atoms with E-state index in [1.54, 1.807) is 11.3 Å². The van der Waals surface area contributed by atoms with Crippen LogP contribution in [-0.4, -0.2) is 23.7 Å². The van der Waals surface area contributed by atoms with E-state index in [9.17, 15) is 0 Å². The molecule has 1 fully saturated rings. The Morgan fingerprint density at radius 2 is 2.19 bits per heavy atom. The van der Waals surface area contributed by atoms with Crippen molar-refractivity contribution in [2.24, 2.45) is 11.8 Å². The van der Waals surface area contributed by atoms with Crippen LogP contribution in [-0.2, 0) is 16.6 Å². The second-order valence-electron chi connectivity index (χ2n) is 7.09. The van der Waals surface area contributed by atoms with Crippen LogP contribution >= 0.6 is 11.3 Å². The molecular weight excluding hydrogens is 282 g/mol. The Bertz CT molecular complexity index is 435. The first-order valence-electron chi connectivity index (χ1n) is 7.95. The van der Waals surface area contributed by atoms with Gasteiger partial charge in [-0.1, -0.05) is 20.8 Å². The van der Waals surface area contributed by atoms with Crippen LogP contribution in [0.4, 0.5) is 0 Å². The molecule has 0 spiro atoms. The van der Waals surface area contributed by atoms with E-state index in [1.165, 1.54) is 23.5 Å². The van der Waals surface area contributed by atoms with Crippen molar-refractivity contribution in [3.8, 4) is 0 Å². The number of nitrogens with one attached hydrogen (secondary N) is 1. The molecule has 1 unspecified atom stereocenters. The molecule has 21 heavy (non-hydrogen) atoms. The van der Waals surface area contributed by atoms with E-state index in [0.29, 0.717) is 12.1 Å². The summed E-state index contributed by atoms with van der Waals surface area (Å²) in [6.45, 7) is 9.49. The molecule has 5 heteroatoms. The number of hydrazine groups is 1. The van der Waals surface area contributed by atoms with Gasteiger partial charge in [0.15, 0.2) is 0 Å². The molecule has 0 amide bonds. The van der Waals surface area contributed by atoms with E-state index in [0.717, 1.165) is 25.4 Å². The number of hydrogen-bond acceptors (Lipinski definition) is 5. The third-order valence-corrected chi connectivity index (χ3v) is 5.06. The monoisotopic (exact) mass is 311 g/mol. The predicted molar refractivity (Wildman–Crippen MR) is 88.4 cm³/mol. The van der Waals surface area contributed by atoms with Crippen LogP contribution in [0.2, 0.25) is 0 Å². The van der Waals surface area contributed by atoms with Gasteiger partial charge in [-0.15, -0.1) is 11.3 Å². The molecule has 0 radical (unpaired) electrons. The zero-order valence-corrected chi connectivity index (χ0v) is 14.5. The minimum absolute atomic E-state index is 0.124. The van der Waals surface area contributed by atoms with E-state index < -0.39 is 0 Å². The fourth-order valence-electron chi connectivity index (χ4n) is 2.81. The highest BCUT2D eigenvalue weighted by Crippen LogP contribution is 2.34. The van der Waals surface area contributed by atoms with Crippen LogP contribution in [0, 0.1) is 5.92 Å². The van der Waals surface area contributed by atoms with Gasteiger partial charge in [0.2, 0.25) is 0 Å². The van der Waals surface area contributed by atoms with E-state index in [-0.39, 0.29) is 5.41 Å². The standard InChI is InChI=1S/C16H29N3OS/c1-5-20-13-7-11(8-13)6-12(19-17)9-15-18-14(10-21-15)16(2,3)4/h10-13,19H,5-9,17H2,1-4H3. The smallest absolute Gasteiger partial charge is 0.0944 e. The quantitative estimate of drug-likeness (QED) is 0.600. The Hall–Kier alpha value is -0.490. The molecule has 1 atom stereocenters. The van der Waals surface area contributed by atoms with Crippen LogP contribution in [0.5, 0.6) is 0 Å². The fraction of sp³-hybridized carbons (Fsp3) is 0.812. The van der Waals surface area contributed by atoms with E-state index in [2.05, 4.69) is 38.5 Å². The lowest BCUT2D eigenvalue weighted by Crippen LogP contribution is -2.42. The highest BCUT2D eigenvalue weighted by molar-refractivity contribution is 7.09. The van der Waals surface area contributed by atoms with Crippen molar-refractivity contribution in [1.29, 1.82) is 0 Å². The number of nitrogens with zero attached hydrogens (tertiary/aromatic N) is 1. The van der Waals surface area contributed by atoms with Crippen molar-refractivity contribution in [3.05, 3.63) is 16.1 Å². The molecular formula is C16H29N3OS. The molecule has 0 saturated heterocycles. The van der Waals surface area contributed by atoms with Crippen molar-refractivity contribution in [1.82, 2.24) is 10.4 Å². The SMILES string of the molecule is CCOC1CC(CC(Cc2nc(C(C)(C)C)cs2)NN)C1. The van der Waals surface area contributed by atoms with Gasteiger partial charge in [0, 0.05) is 29.9 Å². The zero-order valence-electron chi connectivity index (χ0n) is 13.7. The highest BCUT2D eigenvalue weighted by atomic mass is 32.1. The molecule has 4 nitrogen and oxygen atoms in total. The third kappa shape index (κ3) is 4.74. The maximum Gasteiger partial charge on any atom is 0.0944 e. The summed E-state index contributed by atoms with van der Waals surface area (Å²) in [5.41, 5.74) is 4.27. The molecule has 1 aromatic rings. The summed E-state index contributed by atoms with van der Waals surface area (Å²) in [6.07, 6.45) is 4.87. The lowest BCUT2D eigenvalue weighted by molar-refractivity contribution is -0.0290. The van der Waals surface area contributed by atoms with Crippen molar-refractivity contribution in [2.75, 3.05) is 6.61 Å². The molecule has 1 aliphatic rings. The van der Waals surface area contributed by atoms with Crippen molar-refractivity contribution in [2.45, 2.75) is 70.9 Å². The van der Waals surface area contributed by atoms with Gasteiger partial charge in [0.25, 0.3) is 0 Å². The third-order valence-electron chi connectivity index (χ3n) is 4.19. The molecule has 0 aromatic carbocycles.